The summed E-state index contributed by atoms with van der Waals surface area (Å²) in [6.07, 6.45) is 0. The Bertz CT molecular complexity index is 379. The van der Waals surface area contributed by atoms with E-state index in [-0.39, 0.29) is 5.56 Å². The minimum absolute atomic E-state index is 0.157. The van der Waals surface area contributed by atoms with Gasteiger partial charge in [0.25, 0.3) is 0 Å². The molecule has 0 amide bonds. The fourth-order valence-electron chi connectivity index (χ4n) is 1.09. The third kappa shape index (κ3) is 3.72. The number of aromatic carboxylic acids is 1. The lowest BCUT2D eigenvalue weighted by molar-refractivity contribution is 0.0697. The highest BCUT2D eigenvalue weighted by molar-refractivity contribution is 6.32. The molecule has 0 atom stereocenters. The van der Waals surface area contributed by atoms with Gasteiger partial charge in [-0.25, -0.2) is 4.79 Å². The molecular weight excluding hydrogens is 230 g/mol. The maximum absolute atomic E-state index is 10.7. The van der Waals surface area contributed by atoms with Crippen molar-refractivity contribution < 1.29 is 14.6 Å². The van der Waals surface area contributed by atoms with Crippen molar-refractivity contribution in [3.63, 3.8) is 0 Å². The highest BCUT2D eigenvalue weighted by atomic mass is 35.5. The lowest BCUT2D eigenvalue weighted by Gasteiger charge is -2.12. The van der Waals surface area contributed by atoms with Crippen molar-refractivity contribution in [1.29, 1.82) is 0 Å². The number of benzene rings is 1. The minimum Gasteiger partial charge on any atom is -0.491 e. The lowest BCUT2D eigenvalue weighted by Crippen LogP contribution is -2.19. The largest absolute Gasteiger partial charge is 0.491 e. The Labute approximate surface area is 99.4 Å². The van der Waals surface area contributed by atoms with Crippen molar-refractivity contribution in [2.75, 3.05) is 27.2 Å². The third-order valence-corrected chi connectivity index (χ3v) is 2.27. The summed E-state index contributed by atoms with van der Waals surface area (Å²) in [6, 6.07) is 4.43. The smallest absolute Gasteiger partial charge is 0.335 e. The molecule has 0 fully saturated rings. The standard InChI is InChI=1S/C11H14ClNO3/c1-13(2)5-6-16-10-4-3-8(11(14)15)7-9(10)12/h3-4,7H,5-6H2,1-2H3,(H,14,15). The van der Waals surface area contributed by atoms with Gasteiger partial charge in [-0.05, 0) is 32.3 Å². The third-order valence-electron chi connectivity index (χ3n) is 1.97. The first-order valence-corrected chi connectivity index (χ1v) is 5.19. The van der Waals surface area contributed by atoms with Crippen LogP contribution in [0.5, 0.6) is 5.75 Å². The van der Waals surface area contributed by atoms with Gasteiger partial charge in [-0.1, -0.05) is 11.6 Å². The van der Waals surface area contributed by atoms with Crippen LogP contribution in [-0.2, 0) is 0 Å². The van der Waals surface area contributed by atoms with Crippen LogP contribution < -0.4 is 4.74 Å². The molecule has 88 valence electrons. The topological polar surface area (TPSA) is 49.8 Å². The number of rotatable bonds is 5. The van der Waals surface area contributed by atoms with Crippen LogP contribution >= 0.6 is 11.6 Å². The van der Waals surface area contributed by atoms with Crippen molar-refractivity contribution in [3.8, 4) is 5.75 Å². The zero-order chi connectivity index (χ0) is 12.1. The molecule has 1 N–H and O–H groups in total. The number of likely N-dealkylation sites (N-methyl/N-ethyl adjacent to an activating group) is 1. The van der Waals surface area contributed by atoms with Gasteiger partial charge in [0, 0.05) is 6.54 Å². The highest BCUT2D eigenvalue weighted by Gasteiger charge is 2.07. The van der Waals surface area contributed by atoms with E-state index in [2.05, 4.69) is 0 Å². The number of ether oxygens (including phenoxy) is 1. The number of nitrogens with zero attached hydrogens (tertiary/aromatic N) is 1. The van der Waals surface area contributed by atoms with Crippen molar-refractivity contribution in [2.45, 2.75) is 0 Å². The number of carboxylic acids is 1. The second-order valence-corrected chi connectivity index (χ2v) is 4.01. The van der Waals surface area contributed by atoms with Gasteiger partial charge in [0.2, 0.25) is 0 Å². The zero-order valence-corrected chi connectivity index (χ0v) is 9.99. The van der Waals surface area contributed by atoms with Crippen LogP contribution in [0, 0.1) is 0 Å². The van der Waals surface area contributed by atoms with Gasteiger partial charge in [0.15, 0.2) is 0 Å². The molecule has 0 aliphatic carbocycles. The molecule has 5 heteroatoms. The van der Waals surface area contributed by atoms with Crippen molar-refractivity contribution in [1.82, 2.24) is 4.90 Å². The second kappa shape index (κ2) is 5.72. The molecule has 4 nitrogen and oxygen atoms in total. The van der Waals surface area contributed by atoms with E-state index in [4.69, 9.17) is 21.4 Å². The fraction of sp³-hybridized carbons (Fsp3) is 0.364. The van der Waals surface area contributed by atoms with Gasteiger partial charge < -0.3 is 14.7 Å². The first-order chi connectivity index (χ1) is 7.50. The molecule has 0 saturated heterocycles. The van der Waals surface area contributed by atoms with Gasteiger partial charge in [-0.2, -0.15) is 0 Å². The Morgan fingerprint density at radius 1 is 1.50 bits per heavy atom. The first-order valence-electron chi connectivity index (χ1n) is 4.81. The molecule has 0 heterocycles. The molecule has 0 aliphatic rings. The van der Waals surface area contributed by atoms with E-state index >= 15 is 0 Å². The van der Waals surface area contributed by atoms with Crippen LogP contribution in [0.3, 0.4) is 0 Å². The predicted molar refractivity (Wildman–Crippen MR) is 62.5 cm³/mol. The van der Waals surface area contributed by atoms with E-state index in [9.17, 15) is 4.79 Å². The Balaban J connectivity index is 2.64. The summed E-state index contributed by atoms with van der Waals surface area (Å²) in [7, 11) is 3.89. The summed E-state index contributed by atoms with van der Waals surface area (Å²) in [6.45, 7) is 1.29. The summed E-state index contributed by atoms with van der Waals surface area (Å²) in [5.41, 5.74) is 0.157. The van der Waals surface area contributed by atoms with Gasteiger partial charge >= 0.3 is 5.97 Å². The highest BCUT2D eigenvalue weighted by Crippen LogP contribution is 2.25. The predicted octanol–water partition coefficient (Wildman–Crippen LogP) is 1.98. The molecule has 0 aliphatic heterocycles. The first kappa shape index (κ1) is 12.8. The Hall–Kier alpha value is -1.26. The molecule has 1 aromatic rings. The molecular formula is C11H14ClNO3. The van der Waals surface area contributed by atoms with Crippen molar-refractivity contribution >= 4 is 17.6 Å². The molecule has 0 unspecified atom stereocenters. The zero-order valence-electron chi connectivity index (χ0n) is 9.24. The maximum atomic E-state index is 10.7. The van der Waals surface area contributed by atoms with Gasteiger partial charge in [0.05, 0.1) is 10.6 Å². The van der Waals surface area contributed by atoms with Crippen molar-refractivity contribution in [2.24, 2.45) is 0 Å². The summed E-state index contributed by atoms with van der Waals surface area (Å²) in [5, 5.41) is 9.06. The quantitative estimate of drug-likeness (QED) is 0.859. The summed E-state index contributed by atoms with van der Waals surface area (Å²) in [5.74, 6) is -0.491. The number of halogens is 1. The van der Waals surface area contributed by atoms with E-state index in [0.717, 1.165) is 6.54 Å². The monoisotopic (exact) mass is 243 g/mol. The number of carbonyl (C=O) groups is 1. The number of carboxylic acid groups (broad SMARTS) is 1. The molecule has 0 saturated carbocycles. The Morgan fingerprint density at radius 2 is 2.19 bits per heavy atom. The van der Waals surface area contributed by atoms with Crippen LogP contribution in [-0.4, -0.2) is 43.2 Å². The van der Waals surface area contributed by atoms with E-state index in [1.807, 2.05) is 19.0 Å². The summed E-state index contributed by atoms with van der Waals surface area (Å²) < 4.78 is 5.42. The van der Waals surface area contributed by atoms with E-state index in [1.54, 1.807) is 6.07 Å². The molecule has 0 bridgehead atoms. The normalized spacial score (nSPS) is 10.5. The molecule has 0 radical (unpaired) electrons. The van der Waals surface area contributed by atoms with Crippen LogP contribution in [0.2, 0.25) is 5.02 Å². The van der Waals surface area contributed by atoms with Crippen LogP contribution in [0.25, 0.3) is 0 Å². The number of hydrogen-bond donors (Lipinski definition) is 1. The lowest BCUT2D eigenvalue weighted by atomic mass is 10.2. The summed E-state index contributed by atoms with van der Waals surface area (Å²) >= 11 is 5.89. The van der Waals surface area contributed by atoms with E-state index in [1.165, 1.54) is 12.1 Å². The maximum Gasteiger partial charge on any atom is 0.335 e. The number of hydrogen-bond acceptors (Lipinski definition) is 3. The van der Waals surface area contributed by atoms with E-state index < -0.39 is 5.97 Å². The van der Waals surface area contributed by atoms with Gasteiger partial charge in [0.1, 0.15) is 12.4 Å². The van der Waals surface area contributed by atoms with Gasteiger partial charge in [-0.15, -0.1) is 0 Å². The summed E-state index contributed by atoms with van der Waals surface area (Å²) in [4.78, 5) is 12.6. The Morgan fingerprint density at radius 3 is 2.69 bits per heavy atom. The SMILES string of the molecule is CN(C)CCOc1ccc(C(=O)O)cc1Cl. The molecule has 1 rings (SSSR count). The van der Waals surface area contributed by atoms with Gasteiger partial charge in [-0.3, -0.25) is 0 Å². The Kier molecular flexibility index (Phi) is 4.58. The van der Waals surface area contributed by atoms with Crippen LogP contribution in [0.4, 0.5) is 0 Å². The van der Waals surface area contributed by atoms with Crippen molar-refractivity contribution in [3.05, 3.63) is 28.8 Å². The average molecular weight is 244 g/mol. The van der Waals surface area contributed by atoms with E-state index in [0.29, 0.717) is 17.4 Å². The molecule has 16 heavy (non-hydrogen) atoms. The molecule has 1 aromatic carbocycles. The fourth-order valence-corrected chi connectivity index (χ4v) is 1.32. The molecule has 0 aromatic heterocycles. The van der Waals surface area contributed by atoms with Crippen LogP contribution in [0.1, 0.15) is 10.4 Å². The second-order valence-electron chi connectivity index (χ2n) is 3.60. The average Bonchev–Trinajstić information content (AvgIpc) is 2.19. The minimum atomic E-state index is -0.998. The van der Waals surface area contributed by atoms with Crippen LogP contribution in [0.15, 0.2) is 18.2 Å². The molecule has 0 spiro atoms.